The van der Waals surface area contributed by atoms with Gasteiger partial charge in [0.25, 0.3) is 0 Å². The molecule has 0 aliphatic carbocycles. The predicted octanol–water partition coefficient (Wildman–Crippen LogP) is 2.65. The minimum atomic E-state index is -4.22. The van der Waals surface area contributed by atoms with Gasteiger partial charge in [0, 0.05) is 32.2 Å². The Balaban J connectivity index is 2.45. The van der Waals surface area contributed by atoms with Gasteiger partial charge in [-0.05, 0) is 43.7 Å². The van der Waals surface area contributed by atoms with E-state index < -0.39 is 40.4 Å². The summed E-state index contributed by atoms with van der Waals surface area (Å²) in [5.74, 6) is -1.86. The van der Waals surface area contributed by atoms with Crippen molar-refractivity contribution in [3.63, 3.8) is 0 Å². The molecule has 0 aliphatic rings. The number of rotatable bonds is 10. The van der Waals surface area contributed by atoms with Crippen LogP contribution in [0.25, 0.3) is 0 Å². The van der Waals surface area contributed by atoms with Gasteiger partial charge >= 0.3 is 10.2 Å². The third-order valence-corrected chi connectivity index (χ3v) is 6.98. The van der Waals surface area contributed by atoms with Gasteiger partial charge in [-0.1, -0.05) is 35.9 Å². The van der Waals surface area contributed by atoms with Gasteiger partial charge < -0.3 is 10.2 Å². The number of nitrogens with one attached hydrogen (secondary N) is 1. The first-order valence-corrected chi connectivity index (χ1v) is 12.0. The van der Waals surface area contributed by atoms with E-state index in [1.807, 2.05) is 0 Å². The Labute approximate surface area is 199 Å². The summed E-state index contributed by atoms with van der Waals surface area (Å²) in [6.45, 7) is 3.00. The van der Waals surface area contributed by atoms with E-state index >= 15 is 0 Å². The normalized spacial score (nSPS) is 12.3. The summed E-state index contributed by atoms with van der Waals surface area (Å²) < 4.78 is 42.0. The topological polar surface area (TPSA) is 90.0 Å². The van der Waals surface area contributed by atoms with E-state index in [0.29, 0.717) is 21.4 Å². The van der Waals surface area contributed by atoms with Crippen molar-refractivity contribution in [3.8, 4) is 0 Å². The Kier molecular flexibility index (Phi) is 9.21. The fourth-order valence-electron chi connectivity index (χ4n) is 3.05. The molecule has 0 radical (unpaired) electrons. The summed E-state index contributed by atoms with van der Waals surface area (Å²) in [6.07, 6.45) is 0. The van der Waals surface area contributed by atoms with E-state index in [-0.39, 0.29) is 12.2 Å². The number of hydrogen-bond acceptors (Lipinski definition) is 4. The minimum Gasteiger partial charge on any atom is -0.355 e. The van der Waals surface area contributed by atoms with Crippen LogP contribution in [0.2, 0.25) is 5.02 Å². The molecule has 0 heterocycles. The molecule has 8 nitrogen and oxygen atoms in total. The average Bonchev–Trinajstić information content (AvgIpc) is 2.77. The molecule has 180 valence electrons. The van der Waals surface area contributed by atoms with E-state index in [1.165, 1.54) is 37.2 Å². The first kappa shape index (κ1) is 26.6. The van der Waals surface area contributed by atoms with Crippen LogP contribution >= 0.6 is 11.6 Å². The van der Waals surface area contributed by atoms with Crippen LogP contribution in [0.15, 0.2) is 48.5 Å². The van der Waals surface area contributed by atoms with Crippen LogP contribution in [-0.2, 0) is 26.3 Å². The number of nitrogens with zero attached hydrogens (tertiary/aromatic N) is 3. The molecule has 2 aromatic rings. The van der Waals surface area contributed by atoms with E-state index in [2.05, 4.69) is 5.32 Å². The van der Waals surface area contributed by atoms with Crippen LogP contribution in [0.1, 0.15) is 19.4 Å². The third kappa shape index (κ3) is 6.66. The highest BCUT2D eigenvalue weighted by Gasteiger charge is 2.33. The first-order valence-electron chi connectivity index (χ1n) is 10.2. The molecule has 33 heavy (non-hydrogen) atoms. The number of halogens is 2. The smallest absolute Gasteiger partial charge is 0.304 e. The zero-order valence-electron chi connectivity index (χ0n) is 19.0. The highest BCUT2D eigenvalue weighted by Crippen LogP contribution is 2.24. The van der Waals surface area contributed by atoms with Crippen molar-refractivity contribution in [2.24, 2.45) is 0 Å². The van der Waals surface area contributed by atoms with E-state index in [0.717, 1.165) is 10.4 Å². The lowest BCUT2D eigenvalue weighted by Crippen LogP contribution is -2.52. The number of para-hydroxylation sites is 1. The monoisotopic (exact) mass is 498 g/mol. The molecule has 0 saturated heterocycles. The third-order valence-electron chi connectivity index (χ3n) is 4.92. The molecule has 1 atom stereocenters. The van der Waals surface area contributed by atoms with Gasteiger partial charge in [0.2, 0.25) is 11.8 Å². The van der Waals surface area contributed by atoms with Crippen molar-refractivity contribution in [3.05, 3.63) is 64.9 Å². The molecule has 0 aliphatic heterocycles. The van der Waals surface area contributed by atoms with Crippen molar-refractivity contribution in [1.82, 2.24) is 14.5 Å². The van der Waals surface area contributed by atoms with Gasteiger partial charge in [0.15, 0.2) is 0 Å². The van der Waals surface area contributed by atoms with Crippen molar-refractivity contribution in [2.75, 3.05) is 31.5 Å². The van der Waals surface area contributed by atoms with Gasteiger partial charge in [0.1, 0.15) is 18.4 Å². The Hall–Kier alpha value is -2.69. The number of anilines is 1. The molecule has 0 saturated carbocycles. The van der Waals surface area contributed by atoms with Gasteiger partial charge in [0.05, 0.1) is 5.69 Å². The standard InChI is InChI=1S/C22H28ClFN4O4S/c1-5-25-22(30)16(2)27(14-17-10-12-18(23)13-11-17)21(29)15-28(33(31,32)26(3)4)20-9-7-6-8-19(20)24/h6-13,16H,5,14-15H2,1-4H3,(H,25,30)/t16-/m1/s1. The molecule has 2 amide bonds. The summed E-state index contributed by atoms with van der Waals surface area (Å²) in [7, 11) is -1.64. The summed E-state index contributed by atoms with van der Waals surface area (Å²) in [6, 6.07) is 11.1. The minimum absolute atomic E-state index is 0.0292. The maximum Gasteiger partial charge on any atom is 0.304 e. The summed E-state index contributed by atoms with van der Waals surface area (Å²) in [4.78, 5) is 27.2. The van der Waals surface area contributed by atoms with Crippen LogP contribution in [0.4, 0.5) is 10.1 Å². The molecular weight excluding hydrogens is 471 g/mol. The molecule has 0 unspecified atom stereocenters. The van der Waals surface area contributed by atoms with Crippen molar-refractivity contribution in [2.45, 2.75) is 26.4 Å². The molecule has 0 spiro atoms. The van der Waals surface area contributed by atoms with Gasteiger partial charge in [-0.2, -0.15) is 12.7 Å². The highest BCUT2D eigenvalue weighted by atomic mass is 35.5. The van der Waals surface area contributed by atoms with E-state index in [1.54, 1.807) is 38.1 Å². The number of hydrogen-bond donors (Lipinski definition) is 1. The second kappa shape index (κ2) is 11.4. The van der Waals surface area contributed by atoms with Crippen molar-refractivity contribution in [1.29, 1.82) is 0 Å². The van der Waals surface area contributed by atoms with Gasteiger partial charge in [-0.15, -0.1) is 0 Å². The van der Waals surface area contributed by atoms with Gasteiger partial charge in [-0.25, -0.2) is 8.70 Å². The number of carbonyl (C=O) groups excluding carboxylic acids is 2. The number of likely N-dealkylation sites (N-methyl/N-ethyl adjacent to an activating group) is 1. The molecular formula is C22H28ClFN4O4S. The molecule has 11 heteroatoms. The SMILES string of the molecule is CCNC(=O)[C@@H](C)N(Cc1ccc(Cl)cc1)C(=O)CN(c1ccccc1F)S(=O)(=O)N(C)C. The predicted molar refractivity (Wildman–Crippen MR) is 127 cm³/mol. The lowest BCUT2D eigenvalue weighted by atomic mass is 10.1. The van der Waals surface area contributed by atoms with Crippen LogP contribution in [0.3, 0.4) is 0 Å². The number of benzene rings is 2. The van der Waals surface area contributed by atoms with Gasteiger partial charge in [-0.3, -0.25) is 9.59 Å². The fourth-order valence-corrected chi connectivity index (χ4v) is 4.24. The number of carbonyl (C=O) groups is 2. The summed E-state index contributed by atoms with van der Waals surface area (Å²) in [5, 5.41) is 3.17. The maximum atomic E-state index is 14.5. The molecule has 2 aromatic carbocycles. The van der Waals surface area contributed by atoms with Crippen molar-refractivity contribution >= 4 is 39.3 Å². The second-order valence-electron chi connectivity index (χ2n) is 7.47. The Morgan fingerprint density at radius 3 is 2.24 bits per heavy atom. The fraction of sp³-hybridized carbons (Fsp3) is 0.364. The molecule has 2 rings (SSSR count). The Morgan fingerprint density at radius 1 is 1.09 bits per heavy atom. The van der Waals surface area contributed by atoms with Crippen LogP contribution in [0.5, 0.6) is 0 Å². The summed E-state index contributed by atoms with van der Waals surface area (Å²) >= 11 is 5.94. The maximum absolute atomic E-state index is 14.5. The first-order chi connectivity index (χ1) is 15.5. The molecule has 0 aromatic heterocycles. The van der Waals surface area contributed by atoms with Crippen LogP contribution < -0.4 is 9.62 Å². The second-order valence-corrected chi connectivity index (χ2v) is 9.97. The molecule has 1 N–H and O–H groups in total. The van der Waals surface area contributed by atoms with E-state index in [9.17, 15) is 22.4 Å². The Bertz CT molecular complexity index is 1080. The summed E-state index contributed by atoms with van der Waals surface area (Å²) in [5.41, 5.74) is 0.425. The van der Waals surface area contributed by atoms with Crippen LogP contribution in [-0.4, -0.2) is 62.7 Å². The average molecular weight is 499 g/mol. The molecule has 0 fully saturated rings. The van der Waals surface area contributed by atoms with Crippen molar-refractivity contribution < 1.29 is 22.4 Å². The largest absolute Gasteiger partial charge is 0.355 e. The zero-order chi connectivity index (χ0) is 24.8. The molecule has 0 bridgehead atoms. The number of amides is 2. The van der Waals surface area contributed by atoms with E-state index in [4.69, 9.17) is 11.6 Å². The lowest BCUT2D eigenvalue weighted by molar-refractivity contribution is -0.139. The van der Waals surface area contributed by atoms with Crippen LogP contribution in [0, 0.1) is 5.82 Å². The lowest BCUT2D eigenvalue weighted by Gasteiger charge is -2.32. The quantitative estimate of drug-likeness (QED) is 0.545. The Morgan fingerprint density at radius 2 is 1.70 bits per heavy atom. The highest BCUT2D eigenvalue weighted by molar-refractivity contribution is 7.90. The zero-order valence-corrected chi connectivity index (χ0v) is 20.5.